The van der Waals surface area contributed by atoms with Gasteiger partial charge >= 0.3 is 5.97 Å². The average Bonchev–Trinajstić information content (AvgIpc) is 2.62. The molecule has 0 bridgehead atoms. The molecule has 0 aromatic heterocycles. The second-order valence-electron chi connectivity index (χ2n) is 6.54. The number of carbonyl (C=O) groups is 1. The van der Waals surface area contributed by atoms with Gasteiger partial charge in [-0.05, 0) is 44.7 Å². The Morgan fingerprint density at radius 2 is 1.44 bits per heavy atom. The fraction of sp³-hybridized carbons (Fsp3) is 0.667. The number of aliphatic hydroxyl groups is 1. The first-order chi connectivity index (χ1) is 12.2. The minimum Gasteiger partial charge on any atom is -0.494 e. The quantitative estimate of drug-likeness (QED) is 0.364. The van der Waals surface area contributed by atoms with E-state index in [0.717, 1.165) is 50.9 Å². The summed E-state index contributed by atoms with van der Waals surface area (Å²) in [6.07, 6.45) is 9.63. The molecule has 142 valence electrons. The number of rotatable bonds is 15. The van der Waals surface area contributed by atoms with Crippen molar-refractivity contribution in [3.63, 3.8) is 0 Å². The van der Waals surface area contributed by atoms with Crippen LogP contribution in [0.4, 0.5) is 0 Å². The van der Waals surface area contributed by atoms with Gasteiger partial charge in [-0.25, -0.2) is 0 Å². The molecule has 0 aliphatic carbocycles. The van der Waals surface area contributed by atoms with Crippen LogP contribution in [0, 0.1) is 6.92 Å². The van der Waals surface area contributed by atoms with Crippen LogP contribution in [0.25, 0.3) is 0 Å². The van der Waals surface area contributed by atoms with E-state index in [9.17, 15) is 4.79 Å². The maximum absolute atomic E-state index is 11.5. The van der Waals surface area contributed by atoms with E-state index in [1.807, 2.05) is 12.1 Å². The fourth-order valence-electron chi connectivity index (χ4n) is 2.55. The summed E-state index contributed by atoms with van der Waals surface area (Å²) in [5.41, 5.74) is 1.25. The Labute approximate surface area is 152 Å². The highest BCUT2D eigenvalue weighted by Gasteiger charge is 2.02. The molecule has 0 aliphatic heterocycles. The van der Waals surface area contributed by atoms with Crippen LogP contribution >= 0.6 is 0 Å². The van der Waals surface area contributed by atoms with Crippen molar-refractivity contribution in [1.82, 2.24) is 0 Å². The molecule has 0 atom stereocenters. The van der Waals surface area contributed by atoms with E-state index in [1.165, 1.54) is 24.8 Å². The maximum Gasteiger partial charge on any atom is 0.305 e. The number of hydrogen-bond acceptors (Lipinski definition) is 4. The maximum atomic E-state index is 11.5. The predicted molar refractivity (Wildman–Crippen MR) is 101 cm³/mol. The number of carbonyl (C=O) groups excluding carboxylic acids is 1. The van der Waals surface area contributed by atoms with Gasteiger partial charge in [-0.15, -0.1) is 0 Å². The predicted octanol–water partition coefficient (Wildman–Crippen LogP) is 4.81. The molecule has 1 rings (SSSR count). The number of ether oxygens (including phenoxy) is 2. The van der Waals surface area contributed by atoms with Crippen molar-refractivity contribution in [2.24, 2.45) is 0 Å². The Morgan fingerprint density at radius 1 is 0.840 bits per heavy atom. The van der Waals surface area contributed by atoms with Crippen molar-refractivity contribution in [2.75, 3.05) is 19.8 Å². The van der Waals surface area contributed by atoms with Gasteiger partial charge < -0.3 is 14.6 Å². The molecule has 0 unspecified atom stereocenters. The number of unbranched alkanes of at least 4 members (excludes halogenated alkanes) is 7. The van der Waals surface area contributed by atoms with Crippen molar-refractivity contribution in [3.05, 3.63) is 29.8 Å². The van der Waals surface area contributed by atoms with Gasteiger partial charge in [0.25, 0.3) is 0 Å². The summed E-state index contributed by atoms with van der Waals surface area (Å²) in [7, 11) is 0. The van der Waals surface area contributed by atoms with Crippen molar-refractivity contribution < 1.29 is 19.4 Å². The van der Waals surface area contributed by atoms with Gasteiger partial charge in [0.1, 0.15) is 5.75 Å². The third-order valence-electron chi connectivity index (χ3n) is 4.13. The molecule has 1 N–H and O–H groups in total. The van der Waals surface area contributed by atoms with Gasteiger partial charge in [0, 0.05) is 13.0 Å². The second kappa shape index (κ2) is 14.8. The molecule has 1 aromatic carbocycles. The summed E-state index contributed by atoms with van der Waals surface area (Å²) < 4.78 is 10.9. The normalized spacial score (nSPS) is 10.6. The summed E-state index contributed by atoms with van der Waals surface area (Å²) in [6, 6.07) is 8.17. The Balaban J connectivity index is 1.82. The molecule has 0 amide bonds. The summed E-state index contributed by atoms with van der Waals surface area (Å²) in [6.45, 7) is 3.59. The first-order valence-corrected chi connectivity index (χ1v) is 9.68. The lowest BCUT2D eigenvalue weighted by molar-refractivity contribution is -0.143. The molecule has 0 saturated carbocycles. The van der Waals surface area contributed by atoms with Crippen molar-refractivity contribution in [2.45, 2.75) is 71.1 Å². The molecule has 0 saturated heterocycles. The molecule has 1 aromatic rings. The molecular formula is C21H34O4. The molecule has 0 spiro atoms. The lowest BCUT2D eigenvalue weighted by Gasteiger charge is -2.07. The van der Waals surface area contributed by atoms with Crippen molar-refractivity contribution >= 4 is 5.97 Å². The number of aryl methyl sites for hydroxylation is 1. The molecule has 0 aliphatic rings. The van der Waals surface area contributed by atoms with Crippen LogP contribution < -0.4 is 4.74 Å². The monoisotopic (exact) mass is 350 g/mol. The van der Waals surface area contributed by atoms with Gasteiger partial charge in [-0.2, -0.15) is 0 Å². The van der Waals surface area contributed by atoms with Gasteiger partial charge in [-0.1, -0.05) is 49.8 Å². The summed E-state index contributed by atoms with van der Waals surface area (Å²) >= 11 is 0. The van der Waals surface area contributed by atoms with Crippen LogP contribution in [0.5, 0.6) is 5.75 Å². The van der Waals surface area contributed by atoms with E-state index in [2.05, 4.69) is 19.1 Å². The van der Waals surface area contributed by atoms with E-state index in [-0.39, 0.29) is 12.6 Å². The molecule has 25 heavy (non-hydrogen) atoms. The molecule has 0 radical (unpaired) electrons. The van der Waals surface area contributed by atoms with E-state index < -0.39 is 0 Å². The molecular weight excluding hydrogens is 316 g/mol. The summed E-state index contributed by atoms with van der Waals surface area (Å²) in [5, 5.41) is 8.66. The molecule has 0 heterocycles. The minimum atomic E-state index is -0.105. The SMILES string of the molecule is Cc1ccc(OCCCCCCCCOC(=O)CCCCCO)cc1. The second-order valence-corrected chi connectivity index (χ2v) is 6.54. The van der Waals surface area contributed by atoms with Crippen LogP contribution in [0.3, 0.4) is 0 Å². The van der Waals surface area contributed by atoms with Crippen LogP contribution in [0.1, 0.15) is 69.8 Å². The Hall–Kier alpha value is -1.55. The number of aliphatic hydroxyl groups excluding tert-OH is 1. The zero-order valence-corrected chi connectivity index (χ0v) is 15.7. The summed E-state index contributed by atoms with van der Waals surface area (Å²) in [5.74, 6) is 0.843. The molecule has 0 fully saturated rings. The number of hydrogen-bond donors (Lipinski definition) is 1. The van der Waals surface area contributed by atoms with Gasteiger partial charge in [0.15, 0.2) is 0 Å². The van der Waals surface area contributed by atoms with Crippen LogP contribution in [0.2, 0.25) is 0 Å². The van der Waals surface area contributed by atoms with Gasteiger partial charge in [0.05, 0.1) is 13.2 Å². The Bertz CT molecular complexity index is 442. The van der Waals surface area contributed by atoms with Crippen LogP contribution in [-0.4, -0.2) is 30.9 Å². The molecule has 4 heteroatoms. The van der Waals surface area contributed by atoms with Crippen molar-refractivity contribution in [3.8, 4) is 5.75 Å². The standard InChI is InChI=1S/C21H34O4/c1-19-12-14-20(15-13-19)24-17-9-4-2-3-5-10-18-25-21(23)11-7-6-8-16-22/h12-15,22H,2-11,16-18H2,1H3. The third kappa shape index (κ3) is 12.5. The topological polar surface area (TPSA) is 55.8 Å². The first kappa shape index (κ1) is 21.5. The minimum absolute atomic E-state index is 0.105. The first-order valence-electron chi connectivity index (χ1n) is 9.68. The lowest BCUT2D eigenvalue weighted by atomic mass is 10.1. The highest BCUT2D eigenvalue weighted by molar-refractivity contribution is 5.69. The average molecular weight is 350 g/mol. The highest BCUT2D eigenvalue weighted by Crippen LogP contribution is 2.12. The van der Waals surface area contributed by atoms with Crippen molar-refractivity contribution in [1.29, 1.82) is 0 Å². The fourth-order valence-corrected chi connectivity index (χ4v) is 2.55. The Morgan fingerprint density at radius 3 is 2.12 bits per heavy atom. The zero-order valence-electron chi connectivity index (χ0n) is 15.7. The van der Waals surface area contributed by atoms with Crippen LogP contribution in [0.15, 0.2) is 24.3 Å². The van der Waals surface area contributed by atoms with Gasteiger partial charge in [0.2, 0.25) is 0 Å². The smallest absolute Gasteiger partial charge is 0.305 e. The van der Waals surface area contributed by atoms with E-state index in [4.69, 9.17) is 14.6 Å². The number of benzene rings is 1. The van der Waals surface area contributed by atoms with E-state index in [0.29, 0.717) is 13.0 Å². The zero-order chi connectivity index (χ0) is 18.2. The van der Waals surface area contributed by atoms with E-state index in [1.54, 1.807) is 0 Å². The molecule has 4 nitrogen and oxygen atoms in total. The highest BCUT2D eigenvalue weighted by atomic mass is 16.5. The third-order valence-corrected chi connectivity index (χ3v) is 4.13. The number of esters is 1. The Kier molecular flexibility index (Phi) is 12.7. The largest absolute Gasteiger partial charge is 0.494 e. The van der Waals surface area contributed by atoms with E-state index >= 15 is 0 Å². The lowest BCUT2D eigenvalue weighted by Crippen LogP contribution is -2.05. The van der Waals surface area contributed by atoms with Gasteiger partial charge in [-0.3, -0.25) is 4.79 Å². The van der Waals surface area contributed by atoms with Crippen LogP contribution in [-0.2, 0) is 9.53 Å². The summed E-state index contributed by atoms with van der Waals surface area (Å²) in [4.78, 5) is 11.5.